The summed E-state index contributed by atoms with van der Waals surface area (Å²) in [6, 6.07) is 7.14. The molecule has 0 aliphatic carbocycles. The topological polar surface area (TPSA) is 88.6 Å². The number of carbonyl (C=O) groups excluding carboxylic acids is 1. The van der Waals surface area contributed by atoms with E-state index in [1.807, 2.05) is 26.0 Å². The predicted molar refractivity (Wildman–Crippen MR) is 89.7 cm³/mol. The van der Waals surface area contributed by atoms with Gasteiger partial charge in [0.15, 0.2) is 0 Å². The molecule has 3 rings (SSSR count). The molecule has 126 valence electrons. The van der Waals surface area contributed by atoms with Crippen molar-refractivity contribution in [2.75, 3.05) is 17.9 Å². The lowest BCUT2D eigenvalue weighted by Gasteiger charge is -2.16. The van der Waals surface area contributed by atoms with Gasteiger partial charge in [0.05, 0.1) is 12.2 Å². The Hall–Kier alpha value is -2.61. The van der Waals surface area contributed by atoms with E-state index < -0.39 is 16.3 Å². The molecule has 2 aromatic rings. The lowest BCUT2D eigenvalue weighted by Crippen LogP contribution is -2.36. The molecule has 1 saturated heterocycles. The Balaban J connectivity index is 1.88. The minimum Gasteiger partial charge on any atom is -0.447 e. The number of pyridine rings is 1. The minimum atomic E-state index is -3.97. The third-order valence-corrected chi connectivity index (χ3v) is 5.22. The number of aryl methyl sites for hydroxylation is 2. The Morgan fingerprint density at radius 2 is 1.96 bits per heavy atom. The van der Waals surface area contributed by atoms with Crippen molar-refractivity contribution in [3.8, 4) is 11.1 Å². The van der Waals surface area contributed by atoms with Gasteiger partial charge in [-0.05, 0) is 48.7 Å². The van der Waals surface area contributed by atoms with Gasteiger partial charge >= 0.3 is 16.3 Å². The summed E-state index contributed by atoms with van der Waals surface area (Å²) in [7, 11) is -3.97. The van der Waals surface area contributed by atoms with Gasteiger partial charge in [0.1, 0.15) is 6.61 Å². The van der Waals surface area contributed by atoms with Crippen LogP contribution in [0.4, 0.5) is 10.5 Å². The number of carbonyl (C=O) groups is 1. The third kappa shape index (κ3) is 3.05. The van der Waals surface area contributed by atoms with Crippen LogP contribution in [-0.4, -0.2) is 37.0 Å². The molecule has 0 radical (unpaired) electrons. The van der Waals surface area contributed by atoms with Crippen LogP contribution in [0.5, 0.6) is 0 Å². The summed E-state index contributed by atoms with van der Waals surface area (Å²) in [5.41, 5.74) is 4.34. The number of ether oxygens (including phenoxy) is 1. The molecule has 1 aromatic carbocycles. The number of cyclic esters (lactones) is 1. The number of benzene rings is 1. The maximum atomic E-state index is 12.2. The SMILES string of the molecule is Cc1cc(NS(=O)(=O)N2CCOC2=O)ccc1-c1cnccc1C. The predicted octanol–water partition coefficient (Wildman–Crippen LogP) is 2.47. The van der Waals surface area contributed by atoms with Crippen LogP contribution < -0.4 is 4.72 Å². The molecule has 2 heterocycles. The van der Waals surface area contributed by atoms with Crippen LogP contribution in [0.25, 0.3) is 11.1 Å². The highest BCUT2D eigenvalue weighted by Gasteiger charge is 2.33. The van der Waals surface area contributed by atoms with Crippen LogP contribution in [-0.2, 0) is 14.9 Å². The summed E-state index contributed by atoms with van der Waals surface area (Å²) in [5.74, 6) is 0. The molecule has 0 unspecified atom stereocenters. The maximum absolute atomic E-state index is 12.2. The van der Waals surface area contributed by atoms with Crippen LogP contribution >= 0.6 is 0 Å². The lowest BCUT2D eigenvalue weighted by atomic mass is 9.98. The highest BCUT2D eigenvalue weighted by Crippen LogP contribution is 2.28. The van der Waals surface area contributed by atoms with Crippen LogP contribution in [0.3, 0.4) is 0 Å². The van der Waals surface area contributed by atoms with Crippen LogP contribution in [0.1, 0.15) is 11.1 Å². The molecular formula is C16H17N3O4S. The van der Waals surface area contributed by atoms with Crippen LogP contribution in [0.2, 0.25) is 0 Å². The van der Waals surface area contributed by atoms with Crippen LogP contribution in [0, 0.1) is 13.8 Å². The van der Waals surface area contributed by atoms with Gasteiger partial charge in [-0.2, -0.15) is 12.7 Å². The summed E-state index contributed by atoms with van der Waals surface area (Å²) in [6.45, 7) is 3.97. The second kappa shape index (κ2) is 6.12. The average Bonchev–Trinajstić information content (AvgIpc) is 2.95. The van der Waals surface area contributed by atoms with Crippen molar-refractivity contribution >= 4 is 22.0 Å². The minimum absolute atomic E-state index is 0.0140. The molecular weight excluding hydrogens is 330 g/mol. The quantitative estimate of drug-likeness (QED) is 0.918. The van der Waals surface area contributed by atoms with Crippen molar-refractivity contribution < 1.29 is 17.9 Å². The van der Waals surface area contributed by atoms with Gasteiger partial charge in [-0.25, -0.2) is 4.79 Å². The molecule has 24 heavy (non-hydrogen) atoms. The van der Waals surface area contributed by atoms with Gasteiger partial charge in [0.2, 0.25) is 0 Å². The molecule has 1 aromatic heterocycles. The molecule has 1 N–H and O–H groups in total. The molecule has 0 spiro atoms. The van der Waals surface area contributed by atoms with E-state index in [0.717, 1.165) is 22.3 Å². The third-order valence-electron chi connectivity index (χ3n) is 3.82. The van der Waals surface area contributed by atoms with E-state index in [-0.39, 0.29) is 13.2 Å². The standard InChI is InChI=1S/C16H17N3O4S/c1-11-5-6-17-10-15(11)14-4-3-13(9-12(14)2)18-24(21,22)19-7-8-23-16(19)20/h3-6,9-10,18H,7-8H2,1-2H3. The van der Waals surface area contributed by atoms with Crippen molar-refractivity contribution in [2.24, 2.45) is 0 Å². The average molecular weight is 347 g/mol. The highest BCUT2D eigenvalue weighted by molar-refractivity contribution is 7.90. The first-order chi connectivity index (χ1) is 11.4. The van der Waals surface area contributed by atoms with Gasteiger partial charge < -0.3 is 4.74 Å². The second-order valence-electron chi connectivity index (χ2n) is 5.51. The van der Waals surface area contributed by atoms with Crippen molar-refractivity contribution in [1.29, 1.82) is 0 Å². The first kappa shape index (κ1) is 16.3. The van der Waals surface area contributed by atoms with Crippen LogP contribution in [0.15, 0.2) is 36.7 Å². The smallest absolute Gasteiger partial charge is 0.425 e. The van der Waals surface area contributed by atoms with Gasteiger partial charge in [0.25, 0.3) is 0 Å². The van der Waals surface area contributed by atoms with Gasteiger partial charge in [-0.3, -0.25) is 9.71 Å². The molecule has 0 atom stereocenters. The maximum Gasteiger partial charge on any atom is 0.425 e. The van der Waals surface area contributed by atoms with Crippen molar-refractivity contribution in [3.05, 3.63) is 47.8 Å². The summed E-state index contributed by atoms with van der Waals surface area (Å²) < 4.78 is 32.2. The molecule has 1 fully saturated rings. The summed E-state index contributed by atoms with van der Waals surface area (Å²) in [5, 5.41) is 0. The first-order valence-corrected chi connectivity index (χ1v) is 8.81. The summed E-state index contributed by atoms with van der Waals surface area (Å²) in [4.78, 5) is 15.6. The number of nitrogens with zero attached hydrogens (tertiary/aromatic N) is 2. The second-order valence-corrected chi connectivity index (χ2v) is 7.11. The zero-order chi connectivity index (χ0) is 17.3. The molecule has 0 saturated carbocycles. The first-order valence-electron chi connectivity index (χ1n) is 7.37. The Bertz CT molecular complexity index is 896. The van der Waals surface area contributed by atoms with Gasteiger partial charge in [-0.15, -0.1) is 0 Å². The molecule has 0 bridgehead atoms. The summed E-state index contributed by atoms with van der Waals surface area (Å²) in [6.07, 6.45) is 2.65. The monoisotopic (exact) mass is 347 g/mol. The van der Waals surface area contributed by atoms with E-state index >= 15 is 0 Å². The van der Waals surface area contributed by atoms with E-state index in [1.165, 1.54) is 0 Å². The largest absolute Gasteiger partial charge is 0.447 e. The van der Waals surface area contributed by atoms with E-state index in [9.17, 15) is 13.2 Å². The zero-order valence-corrected chi connectivity index (χ0v) is 14.1. The highest BCUT2D eigenvalue weighted by atomic mass is 32.2. The Morgan fingerprint density at radius 1 is 1.17 bits per heavy atom. The number of nitrogens with one attached hydrogen (secondary N) is 1. The fourth-order valence-electron chi connectivity index (χ4n) is 2.58. The molecule has 1 aliphatic rings. The zero-order valence-electron chi connectivity index (χ0n) is 13.3. The van der Waals surface area contributed by atoms with Crippen molar-refractivity contribution in [2.45, 2.75) is 13.8 Å². The van der Waals surface area contributed by atoms with E-state index in [2.05, 4.69) is 14.4 Å². The van der Waals surface area contributed by atoms with Gasteiger partial charge in [0, 0.05) is 18.0 Å². The number of amides is 1. The molecule has 7 nitrogen and oxygen atoms in total. The van der Waals surface area contributed by atoms with Crippen molar-refractivity contribution in [3.63, 3.8) is 0 Å². The summed E-state index contributed by atoms with van der Waals surface area (Å²) >= 11 is 0. The Kier molecular flexibility index (Phi) is 4.15. The fraction of sp³-hybridized carbons (Fsp3) is 0.250. The van der Waals surface area contributed by atoms with Gasteiger partial charge in [-0.1, -0.05) is 6.07 Å². The van der Waals surface area contributed by atoms with E-state index in [1.54, 1.807) is 24.5 Å². The molecule has 1 amide bonds. The fourth-order valence-corrected chi connectivity index (χ4v) is 3.68. The van der Waals surface area contributed by atoms with E-state index in [0.29, 0.717) is 9.99 Å². The number of anilines is 1. The normalized spacial score (nSPS) is 14.6. The molecule has 1 aliphatic heterocycles. The number of rotatable bonds is 4. The number of aromatic nitrogens is 1. The Labute approximate surface area is 140 Å². The number of hydrogen-bond donors (Lipinski definition) is 1. The molecule has 8 heteroatoms. The Morgan fingerprint density at radius 3 is 2.58 bits per heavy atom. The van der Waals surface area contributed by atoms with Crippen molar-refractivity contribution in [1.82, 2.24) is 9.29 Å². The number of hydrogen-bond acceptors (Lipinski definition) is 5. The lowest BCUT2D eigenvalue weighted by molar-refractivity contribution is 0.170. The van der Waals surface area contributed by atoms with E-state index in [4.69, 9.17) is 0 Å².